The lowest BCUT2D eigenvalue weighted by Gasteiger charge is -2.32. The molecule has 1 fully saturated rings. The molecule has 0 bridgehead atoms. The van der Waals surface area contributed by atoms with Gasteiger partial charge in [0.2, 0.25) is 0 Å². The zero-order chi connectivity index (χ0) is 53.8. The molecule has 1 amide bonds. The van der Waals surface area contributed by atoms with Gasteiger partial charge in [0.05, 0.1) is 54.5 Å². The number of rotatable bonds is 14. The summed E-state index contributed by atoms with van der Waals surface area (Å²) < 4.78 is 31.9. The Bertz CT molecular complexity index is 3300. The topological polar surface area (TPSA) is 202 Å². The first kappa shape index (κ1) is 52.7. The lowest BCUT2D eigenvalue weighted by molar-refractivity contribution is 0.00578. The molecule has 10 heterocycles. The van der Waals surface area contributed by atoms with Crippen LogP contribution in [0.1, 0.15) is 85.0 Å². The number of hydrogen-bond acceptors (Lipinski definition) is 15. The largest absolute Gasteiger partial charge is 0.496 e. The highest BCUT2D eigenvalue weighted by atomic mass is 16.7. The molecule has 5 aliphatic rings. The Morgan fingerprint density at radius 1 is 0.724 bits per heavy atom. The van der Waals surface area contributed by atoms with E-state index in [1.165, 1.54) is 15.8 Å². The first-order valence-corrected chi connectivity index (χ1v) is 26.1. The Labute approximate surface area is 442 Å². The lowest BCUT2D eigenvalue weighted by Crippen LogP contribution is -2.41. The number of amides is 1. The molecule has 2 N–H and O–H groups in total. The van der Waals surface area contributed by atoms with Crippen molar-refractivity contribution in [3.8, 4) is 11.1 Å². The molecule has 76 heavy (non-hydrogen) atoms. The Morgan fingerprint density at radius 3 is 1.88 bits per heavy atom. The van der Waals surface area contributed by atoms with Gasteiger partial charge in [-0.15, -0.1) is 0 Å². The number of carbonyl (C=O) groups excluding carboxylic acids is 2. The predicted molar refractivity (Wildman–Crippen MR) is 290 cm³/mol. The number of anilines is 5. The van der Waals surface area contributed by atoms with Gasteiger partial charge in [-0.3, -0.25) is 43.2 Å². The second-order valence-electron chi connectivity index (χ2n) is 22.4. The van der Waals surface area contributed by atoms with E-state index in [0.29, 0.717) is 77.5 Å². The van der Waals surface area contributed by atoms with Crippen LogP contribution in [0.4, 0.5) is 28.8 Å². The molecule has 0 atom stereocenters. The highest BCUT2D eigenvalue weighted by molar-refractivity contribution is 6.62. The number of ether oxygens (including phenoxy) is 2. The summed E-state index contributed by atoms with van der Waals surface area (Å²) in [5.74, 6) is 1.40. The van der Waals surface area contributed by atoms with Crippen molar-refractivity contribution in [3.63, 3.8) is 0 Å². The maximum atomic E-state index is 13.8. The highest BCUT2D eigenvalue weighted by Gasteiger charge is 2.52. The molecule has 0 unspecified atom stereocenters. The second-order valence-corrected chi connectivity index (χ2v) is 22.4. The fourth-order valence-electron chi connectivity index (χ4n) is 10.9. The minimum Gasteiger partial charge on any atom is -0.399 e. The van der Waals surface area contributed by atoms with E-state index in [4.69, 9.17) is 18.8 Å². The van der Waals surface area contributed by atoms with Gasteiger partial charge < -0.3 is 43.1 Å². The Balaban J connectivity index is 0.000000186. The fraction of sp³-hybridized carbons (Fsp3) is 0.500. The zero-order valence-electron chi connectivity index (χ0n) is 45.4. The minimum absolute atomic E-state index is 0.132. The van der Waals surface area contributed by atoms with Gasteiger partial charge in [-0.2, -0.15) is 10.2 Å². The number of nitrogens with zero attached hydrogens (tertiary/aromatic N) is 11. The van der Waals surface area contributed by atoms with E-state index < -0.39 is 18.3 Å². The van der Waals surface area contributed by atoms with Crippen molar-refractivity contribution in [1.82, 2.24) is 48.0 Å². The lowest BCUT2D eigenvalue weighted by atomic mass is 9.80. The predicted octanol–water partition coefficient (Wildman–Crippen LogP) is 4.34. The number of aldehydes is 1. The highest BCUT2D eigenvalue weighted by Crippen LogP contribution is 2.41. The van der Waals surface area contributed by atoms with Crippen LogP contribution in [0.5, 0.6) is 0 Å². The molecule has 4 aliphatic heterocycles. The Kier molecular flexibility index (Phi) is 14.4. The normalized spacial score (nSPS) is 18.4. The summed E-state index contributed by atoms with van der Waals surface area (Å²) in [6.45, 7) is 21.7. The molecule has 402 valence electrons. The van der Waals surface area contributed by atoms with Crippen LogP contribution < -0.4 is 32.1 Å². The third kappa shape index (κ3) is 10.3. The van der Waals surface area contributed by atoms with Gasteiger partial charge in [0.25, 0.3) is 17.0 Å². The van der Waals surface area contributed by atoms with E-state index in [9.17, 15) is 19.2 Å². The van der Waals surface area contributed by atoms with Crippen LogP contribution in [0.3, 0.4) is 0 Å². The molecule has 11 rings (SSSR count). The summed E-state index contributed by atoms with van der Waals surface area (Å²) in [5.41, 5.74) is 7.34. The molecule has 1 saturated heterocycles. The quantitative estimate of drug-likeness (QED) is 0.115. The van der Waals surface area contributed by atoms with Crippen molar-refractivity contribution in [1.29, 1.82) is 0 Å². The van der Waals surface area contributed by atoms with Gasteiger partial charge in [0.1, 0.15) is 22.9 Å². The van der Waals surface area contributed by atoms with Gasteiger partial charge >= 0.3 is 7.12 Å². The van der Waals surface area contributed by atoms with Crippen molar-refractivity contribution < 1.29 is 28.4 Å². The zero-order valence-corrected chi connectivity index (χ0v) is 45.4. The molecule has 0 radical (unpaired) electrons. The van der Waals surface area contributed by atoms with Gasteiger partial charge in [0, 0.05) is 128 Å². The summed E-state index contributed by atoms with van der Waals surface area (Å²) in [4.78, 5) is 63.2. The molecule has 22 heteroatoms. The Hall–Kier alpha value is -6.69. The van der Waals surface area contributed by atoms with Crippen molar-refractivity contribution in [3.05, 3.63) is 110 Å². The summed E-state index contributed by atoms with van der Waals surface area (Å²) >= 11 is 0. The SMILES string of the molecule is COCCN1CCn2nc(Nc3cc(-c4ccnc(N5CCn6c(cc7c6CC(C)(C)C7)C5=O)c4C=O)cn(C)c3=O)cc2C1.COCCN1CCn2nc(Nc3cc(B4OC(C)(C)C(C)(C)O4)cn(C)c3=O)cc2C1. The number of aromatic nitrogens is 8. The number of hydrogen-bond donors (Lipinski definition) is 2. The van der Waals surface area contributed by atoms with Crippen molar-refractivity contribution >= 4 is 53.6 Å². The van der Waals surface area contributed by atoms with Gasteiger partial charge in [-0.1, -0.05) is 13.8 Å². The van der Waals surface area contributed by atoms with Crippen molar-refractivity contribution in [2.75, 3.05) is 75.7 Å². The summed E-state index contributed by atoms with van der Waals surface area (Å²) in [6.07, 6.45) is 7.71. The molecule has 6 aromatic rings. The average Bonchev–Trinajstić information content (AvgIpc) is 4.18. The maximum absolute atomic E-state index is 13.8. The standard InChI is InChI=1S/C33H38N8O4.C21H32BN5O4/c1-33(2)16-21-14-27-32(44)40(9-8-39(27)28(21)17-33)30-25(20-42)24(5-6-34-30)22-13-26(31(43)37(3)18-22)35-29-15-23-19-38(11-12-45-4)7-10-41(23)36-29;1-20(2)21(3,4)31-22(30-20)15-11-17(19(28)25(5)13-15)23-18-12-16-14-26(9-10-29-6)7-8-27(16)24-18/h5-6,13-15,18,20H,7-12,16-17,19H2,1-4H3,(H,35,36);11-13H,7-10,14H2,1-6H3,(H,23,24). The smallest absolute Gasteiger partial charge is 0.399 e. The number of nitrogens with one attached hydrogen (secondary N) is 2. The average molecular weight is 1040 g/mol. The molecular formula is C54H70BN13O8. The van der Waals surface area contributed by atoms with Gasteiger partial charge in [0.15, 0.2) is 17.9 Å². The van der Waals surface area contributed by atoms with E-state index in [1.54, 1.807) is 74.6 Å². The van der Waals surface area contributed by atoms with Crippen LogP contribution in [-0.4, -0.2) is 139 Å². The van der Waals surface area contributed by atoms with E-state index in [1.807, 2.05) is 55.3 Å². The molecule has 1 aliphatic carbocycles. The summed E-state index contributed by atoms with van der Waals surface area (Å²) in [5, 5.41) is 15.8. The Morgan fingerprint density at radius 2 is 1.30 bits per heavy atom. The number of fused-ring (bicyclic) bond motifs is 5. The first-order valence-electron chi connectivity index (χ1n) is 26.1. The number of methoxy groups -OCH3 is 2. The van der Waals surface area contributed by atoms with E-state index in [-0.39, 0.29) is 22.4 Å². The van der Waals surface area contributed by atoms with Gasteiger partial charge in [-0.25, -0.2) is 4.98 Å². The van der Waals surface area contributed by atoms with Crippen LogP contribution in [0.2, 0.25) is 0 Å². The van der Waals surface area contributed by atoms with E-state index in [2.05, 4.69) is 54.0 Å². The van der Waals surface area contributed by atoms with Gasteiger partial charge in [-0.05, 0) is 81.3 Å². The monoisotopic (exact) mass is 1040 g/mol. The van der Waals surface area contributed by atoms with Crippen LogP contribution in [0.15, 0.2) is 64.6 Å². The van der Waals surface area contributed by atoms with Crippen molar-refractivity contribution in [2.45, 2.75) is 98.3 Å². The first-order chi connectivity index (χ1) is 36.2. The minimum atomic E-state index is -0.540. The number of pyridine rings is 3. The van der Waals surface area contributed by atoms with E-state index in [0.717, 1.165) is 88.3 Å². The van der Waals surface area contributed by atoms with Crippen LogP contribution in [0.25, 0.3) is 11.1 Å². The summed E-state index contributed by atoms with van der Waals surface area (Å²) in [7, 11) is 6.28. The molecular weight excluding hydrogens is 969 g/mol. The van der Waals surface area contributed by atoms with Crippen molar-refractivity contribution in [2.24, 2.45) is 19.5 Å². The van der Waals surface area contributed by atoms with Crippen LogP contribution in [-0.2, 0) is 78.4 Å². The fourth-order valence-corrected chi connectivity index (χ4v) is 10.9. The molecule has 0 spiro atoms. The number of carbonyl (C=O) groups is 2. The third-order valence-corrected chi connectivity index (χ3v) is 15.7. The summed E-state index contributed by atoms with van der Waals surface area (Å²) in [6, 6.07) is 11.2. The molecule has 0 aromatic carbocycles. The third-order valence-electron chi connectivity index (χ3n) is 15.7. The van der Waals surface area contributed by atoms with Crippen LogP contribution in [0, 0.1) is 5.41 Å². The molecule has 21 nitrogen and oxygen atoms in total. The second kappa shape index (κ2) is 20.7. The number of aryl methyl sites for hydroxylation is 2. The molecule has 0 saturated carbocycles. The van der Waals surface area contributed by atoms with Crippen LogP contribution >= 0.6 is 0 Å². The van der Waals surface area contributed by atoms with E-state index >= 15 is 0 Å². The maximum Gasteiger partial charge on any atom is 0.496 e. The molecule has 6 aromatic heterocycles.